The number of hydrogen-bond acceptors (Lipinski definition) is 8. The highest BCUT2D eigenvalue weighted by Gasteiger charge is 2.31. The summed E-state index contributed by atoms with van der Waals surface area (Å²) in [6, 6.07) is 11.1. The zero-order valence-electron chi connectivity index (χ0n) is 20.7. The Balaban J connectivity index is 1.50. The first-order valence-electron chi connectivity index (χ1n) is 12.3. The number of esters is 1. The van der Waals surface area contributed by atoms with Crippen molar-refractivity contribution in [1.82, 2.24) is 14.9 Å². The highest BCUT2D eigenvalue weighted by Crippen LogP contribution is 2.34. The molecule has 1 atom stereocenters. The van der Waals surface area contributed by atoms with Gasteiger partial charge in [0, 0.05) is 28.2 Å². The van der Waals surface area contributed by atoms with Gasteiger partial charge in [0.25, 0.3) is 0 Å². The normalized spacial score (nSPS) is 15.4. The average Bonchev–Trinajstić information content (AvgIpc) is 3.36. The molecule has 4 rings (SSSR count). The van der Waals surface area contributed by atoms with Gasteiger partial charge in [0.15, 0.2) is 0 Å². The number of nitrogens with zero attached hydrogens (tertiary/aromatic N) is 3. The Morgan fingerprint density at radius 3 is 2.92 bits per heavy atom. The van der Waals surface area contributed by atoms with Crippen molar-refractivity contribution in [2.75, 3.05) is 36.9 Å². The van der Waals surface area contributed by atoms with Crippen LogP contribution in [0.4, 0.5) is 17.2 Å². The van der Waals surface area contributed by atoms with Crippen molar-refractivity contribution in [3.63, 3.8) is 0 Å². The number of carbonyl (C=O) groups is 2. The van der Waals surface area contributed by atoms with Gasteiger partial charge in [0.05, 0.1) is 24.4 Å². The molecule has 1 saturated heterocycles. The maximum atomic E-state index is 12.2. The lowest BCUT2D eigenvalue weighted by molar-refractivity contribution is -0.148. The Labute approximate surface area is 224 Å². The third kappa shape index (κ3) is 6.84. The van der Waals surface area contributed by atoms with Crippen molar-refractivity contribution >= 4 is 55.9 Å². The molecule has 0 bridgehead atoms. The molecule has 1 aliphatic heterocycles. The third-order valence-corrected chi connectivity index (χ3v) is 6.53. The predicted octanol–water partition coefficient (Wildman–Crippen LogP) is 5.06. The standard InChI is InChI=1S/C27H30BrN5O4/c1-3-25(34)32-22-15-20-21(29-17-30-26(20)31-19-9-5-8-18(28)14-19)16-24(22)37-13-7-12-33-11-6-10-23(33)27(35)36-4-2/h3,5,8-9,14-17,23H,1,4,6-7,10-13H2,2H3,(H,32,34)(H,29,30,31). The summed E-state index contributed by atoms with van der Waals surface area (Å²) in [5, 5.41) is 6.86. The Morgan fingerprint density at radius 2 is 2.14 bits per heavy atom. The number of aromatic nitrogens is 2. The van der Waals surface area contributed by atoms with Crippen LogP contribution in [0.25, 0.3) is 10.9 Å². The molecule has 9 nitrogen and oxygen atoms in total. The van der Waals surface area contributed by atoms with Crippen LogP contribution in [0.5, 0.6) is 5.75 Å². The van der Waals surface area contributed by atoms with Crippen molar-refractivity contribution in [2.45, 2.75) is 32.2 Å². The van der Waals surface area contributed by atoms with Crippen molar-refractivity contribution in [2.24, 2.45) is 0 Å². The Bertz CT molecular complexity index is 1280. The number of benzene rings is 2. The molecule has 1 amide bonds. The maximum absolute atomic E-state index is 12.2. The number of carbonyl (C=O) groups excluding carboxylic acids is 2. The van der Waals surface area contributed by atoms with E-state index >= 15 is 0 Å². The van der Waals surface area contributed by atoms with Gasteiger partial charge in [-0.1, -0.05) is 28.6 Å². The monoisotopic (exact) mass is 567 g/mol. The van der Waals surface area contributed by atoms with Crippen LogP contribution in [0.15, 0.2) is 59.9 Å². The van der Waals surface area contributed by atoms with E-state index in [4.69, 9.17) is 9.47 Å². The highest BCUT2D eigenvalue weighted by atomic mass is 79.9. The topological polar surface area (TPSA) is 106 Å². The SMILES string of the molecule is C=CC(=O)Nc1cc2c(Nc3cccc(Br)c3)ncnc2cc1OCCCN1CCCC1C(=O)OCC. The first-order chi connectivity index (χ1) is 18.0. The molecular weight excluding hydrogens is 538 g/mol. The van der Waals surface area contributed by atoms with Gasteiger partial charge in [-0.05, 0) is 63.1 Å². The second-order valence-electron chi connectivity index (χ2n) is 8.56. The first kappa shape index (κ1) is 26.6. The molecule has 2 aromatic carbocycles. The molecule has 37 heavy (non-hydrogen) atoms. The molecule has 2 N–H and O–H groups in total. The van der Waals surface area contributed by atoms with Crippen molar-refractivity contribution in [3.05, 3.63) is 59.9 Å². The zero-order chi connectivity index (χ0) is 26.2. The summed E-state index contributed by atoms with van der Waals surface area (Å²) in [4.78, 5) is 35.3. The van der Waals surface area contributed by atoms with Crippen LogP contribution in [0.2, 0.25) is 0 Å². The van der Waals surface area contributed by atoms with E-state index < -0.39 is 0 Å². The summed E-state index contributed by atoms with van der Waals surface area (Å²) in [5.41, 5.74) is 2.02. The average molecular weight is 568 g/mol. The molecule has 3 aromatic rings. The van der Waals surface area contributed by atoms with Gasteiger partial charge in [-0.15, -0.1) is 0 Å². The van der Waals surface area contributed by atoms with Crippen LogP contribution in [0, 0.1) is 0 Å². The van der Waals surface area contributed by atoms with E-state index in [1.54, 1.807) is 12.1 Å². The molecule has 2 heterocycles. The summed E-state index contributed by atoms with van der Waals surface area (Å²) in [6.45, 7) is 7.74. The maximum Gasteiger partial charge on any atom is 0.323 e. The fourth-order valence-electron chi connectivity index (χ4n) is 4.34. The van der Waals surface area contributed by atoms with Gasteiger partial charge in [-0.25, -0.2) is 9.97 Å². The largest absolute Gasteiger partial charge is 0.491 e. The molecule has 1 unspecified atom stereocenters. The van der Waals surface area contributed by atoms with Crippen LogP contribution in [-0.2, 0) is 14.3 Å². The highest BCUT2D eigenvalue weighted by molar-refractivity contribution is 9.10. The van der Waals surface area contributed by atoms with Gasteiger partial charge in [0.1, 0.15) is 23.9 Å². The second kappa shape index (κ2) is 12.6. The number of rotatable bonds is 11. The minimum Gasteiger partial charge on any atom is -0.491 e. The van der Waals surface area contributed by atoms with Gasteiger partial charge < -0.3 is 20.1 Å². The molecule has 1 aromatic heterocycles. The smallest absolute Gasteiger partial charge is 0.323 e. The van der Waals surface area contributed by atoms with E-state index in [1.165, 1.54) is 12.4 Å². The van der Waals surface area contributed by atoms with E-state index in [2.05, 4.69) is 48.0 Å². The van der Waals surface area contributed by atoms with E-state index in [0.717, 1.165) is 34.9 Å². The number of likely N-dealkylation sites (tertiary alicyclic amines) is 1. The molecule has 0 aliphatic carbocycles. The van der Waals surface area contributed by atoms with Crippen LogP contribution in [0.1, 0.15) is 26.2 Å². The van der Waals surface area contributed by atoms with Crippen LogP contribution < -0.4 is 15.4 Å². The van der Waals surface area contributed by atoms with Crippen molar-refractivity contribution < 1.29 is 19.1 Å². The van der Waals surface area contributed by atoms with Crippen molar-refractivity contribution in [3.8, 4) is 5.75 Å². The lowest BCUT2D eigenvalue weighted by Gasteiger charge is -2.22. The number of ether oxygens (including phenoxy) is 2. The zero-order valence-corrected chi connectivity index (χ0v) is 22.3. The molecule has 1 fully saturated rings. The number of nitrogens with one attached hydrogen (secondary N) is 2. The van der Waals surface area contributed by atoms with Crippen LogP contribution in [-0.4, -0.2) is 59.1 Å². The molecule has 0 saturated carbocycles. The van der Waals surface area contributed by atoms with Crippen LogP contribution in [0.3, 0.4) is 0 Å². The summed E-state index contributed by atoms with van der Waals surface area (Å²) in [6.07, 6.45) is 5.19. The van der Waals surface area contributed by atoms with Gasteiger partial charge in [-0.3, -0.25) is 14.5 Å². The van der Waals surface area contributed by atoms with E-state index in [1.807, 2.05) is 31.2 Å². The summed E-state index contributed by atoms with van der Waals surface area (Å²) in [5.74, 6) is 0.592. The fraction of sp³-hybridized carbons (Fsp3) is 0.333. The molecule has 0 radical (unpaired) electrons. The Hall–Kier alpha value is -3.50. The quantitative estimate of drug-likeness (QED) is 0.188. The van der Waals surface area contributed by atoms with E-state index in [0.29, 0.717) is 49.0 Å². The number of amides is 1. The van der Waals surface area contributed by atoms with E-state index in [-0.39, 0.29) is 17.9 Å². The molecular formula is C27H30BrN5O4. The van der Waals surface area contributed by atoms with E-state index in [9.17, 15) is 9.59 Å². The number of anilines is 3. The summed E-state index contributed by atoms with van der Waals surface area (Å²) >= 11 is 3.48. The first-order valence-corrected chi connectivity index (χ1v) is 13.1. The Kier molecular flexibility index (Phi) is 9.08. The van der Waals surface area contributed by atoms with Crippen molar-refractivity contribution in [1.29, 1.82) is 0 Å². The molecule has 194 valence electrons. The summed E-state index contributed by atoms with van der Waals surface area (Å²) < 4.78 is 12.2. The lowest BCUT2D eigenvalue weighted by Crippen LogP contribution is -2.38. The second-order valence-corrected chi connectivity index (χ2v) is 9.48. The molecule has 10 heteroatoms. The third-order valence-electron chi connectivity index (χ3n) is 6.04. The summed E-state index contributed by atoms with van der Waals surface area (Å²) in [7, 11) is 0. The minimum absolute atomic E-state index is 0.156. The number of halogens is 1. The van der Waals surface area contributed by atoms with Gasteiger partial charge >= 0.3 is 5.97 Å². The minimum atomic E-state index is -0.350. The molecule has 0 spiro atoms. The Morgan fingerprint density at radius 1 is 1.27 bits per heavy atom. The van der Waals surface area contributed by atoms with Gasteiger partial charge in [0.2, 0.25) is 5.91 Å². The van der Waals surface area contributed by atoms with Crippen LogP contribution >= 0.6 is 15.9 Å². The number of hydrogen-bond donors (Lipinski definition) is 2. The molecule has 1 aliphatic rings. The van der Waals surface area contributed by atoms with Gasteiger partial charge in [-0.2, -0.15) is 0 Å². The lowest BCUT2D eigenvalue weighted by atomic mass is 10.1. The number of fused-ring (bicyclic) bond motifs is 1. The fourth-order valence-corrected chi connectivity index (χ4v) is 4.74. The predicted molar refractivity (Wildman–Crippen MR) is 147 cm³/mol.